The maximum absolute atomic E-state index is 12.8. The molecule has 1 N–H and O–H groups in total. The first-order valence-corrected chi connectivity index (χ1v) is 9.81. The summed E-state index contributed by atoms with van der Waals surface area (Å²) in [5.41, 5.74) is 3.66. The Hall–Kier alpha value is -2.67. The molecule has 0 bridgehead atoms. The molecule has 0 saturated carbocycles. The van der Waals surface area contributed by atoms with Gasteiger partial charge in [0.1, 0.15) is 12.6 Å². The van der Waals surface area contributed by atoms with Crippen LogP contribution in [-0.4, -0.2) is 52.3 Å². The van der Waals surface area contributed by atoms with Crippen LogP contribution in [0.2, 0.25) is 0 Å². The number of benzene rings is 1. The van der Waals surface area contributed by atoms with Gasteiger partial charge in [-0.1, -0.05) is 0 Å². The second kappa shape index (κ2) is 9.01. The highest BCUT2D eigenvalue weighted by Crippen LogP contribution is 2.20. The molecular weight excluding hydrogens is 356 g/mol. The van der Waals surface area contributed by atoms with Crippen LogP contribution in [0.15, 0.2) is 30.3 Å². The fourth-order valence-electron chi connectivity index (χ4n) is 3.58. The molecule has 0 radical (unpaired) electrons. The SMILES string of the molecule is CCOCC(=O)N1CCCCC1C(=O)Nc1ccc(-n2nc(C)cc2C)cc1. The number of anilines is 1. The number of piperidine rings is 1. The molecule has 28 heavy (non-hydrogen) atoms. The maximum atomic E-state index is 12.8. The molecule has 150 valence electrons. The van der Waals surface area contributed by atoms with Gasteiger partial charge in [0.15, 0.2) is 0 Å². The van der Waals surface area contributed by atoms with E-state index in [1.165, 1.54) is 0 Å². The van der Waals surface area contributed by atoms with Crippen LogP contribution in [0, 0.1) is 13.8 Å². The van der Waals surface area contributed by atoms with Crippen molar-refractivity contribution in [1.82, 2.24) is 14.7 Å². The van der Waals surface area contributed by atoms with Gasteiger partial charge >= 0.3 is 0 Å². The van der Waals surface area contributed by atoms with Crippen LogP contribution in [0.25, 0.3) is 5.69 Å². The zero-order valence-corrected chi connectivity index (χ0v) is 16.8. The molecule has 1 fully saturated rings. The van der Waals surface area contributed by atoms with E-state index in [0.717, 1.165) is 29.9 Å². The first kappa shape index (κ1) is 20.1. The van der Waals surface area contributed by atoms with Gasteiger partial charge in [-0.2, -0.15) is 5.10 Å². The third-order valence-corrected chi connectivity index (χ3v) is 4.94. The molecule has 3 rings (SSSR count). The molecule has 1 aromatic heterocycles. The van der Waals surface area contributed by atoms with Crippen LogP contribution in [0.3, 0.4) is 0 Å². The van der Waals surface area contributed by atoms with Crippen LogP contribution in [0.4, 0.5) is 5.69 Å². The van der Waals surface area contributed by atoms with Gasteiger partial charge in [0.2, 0.25) is 11.8 Å². The molecular formula is C21H28N4O3. The van der Waals surface area contributed by atoms with E-state index in [2.05, 4.69) is 10.4 Å². The second-order valence-corrected chi connectivity index (χ2v) is 7.11. The lowest BCUT2D eigenvalue weighted by Crippen LogP contribution is -2.51. The fourth-order valence-corrected chi connectivity index (χ4v) is 3.58. The Morgan fingerprint density at radius 3 is 2.61 bits per heavy atom. The van der Waals surface area contributed by atoms with Crippen molar-refractivity contribution in [3.63, 3.8) is 0 Å². The Kier molecular flexibility index (Phi) is 6.46. The molecule has 1 aromatic carbocycles. The number of nitrogens with zero attached hydrogens (tertiary/aromatic N) is 3. The first-order chi connectivity index (χ1) is 13.5. The molecule has 1 unspecified atom stereocenters. The van der Waals surface area contributed by atoms with Crippen molar-refractivity contribution in [3.05, 3.63) is 41.7 Å². The minimum Gasteiger partial charge on any atom is -0.372 e. The van der Waals surface area contributed by atoms with Gasteiger partial charge < -0.3 is 15.0 Å². The lowest BCUT2D eigenvalue weighted by atomic mass is 10.0. The lowest BCUT2D eigenvalue weighted by molar-refractivity contribution is -0.144. The van der Waals surface area contributed by atoms with Gasteiger partial charge in [-0.15, -0.1) is 0 Å². The van der Waals surface area contributed by atoms with E-state index in [9.17, 15) is 9.59 Å². The van der Waals surface area contributed by atoms with Crippen molar-refractivity contribution in [3.8, 4) is 5.69 Å². The fraction of sp³-hybridized carbons (Fsp3) is 0.476. The highest BCUT2D eigenvalue weighted by Gasteiger charge is 2.32. The summed E-state index contributed by atoms with van der Waals surface area (Å²) in [4.78, 5) is 26.8. The number of likely N-dealkylation sites (tertiary alicyclic amines) is 1. The topological polar surface area (TPSA) is 76.5 Å². The number of ether oxygens (including phenoxy) is 1. The van der Waals surface area contributed by atoms with Gasteiger partial charge in [0.25, 0.3) is 0 Å². The third kappa shape index (κ3) is 4.59. The van der Waals surface area contributed by atoms with Crippen molar-refractivity contribution in [1.29, 1.82) is 0 Å². The first-order valence-electron chi connectivity index (χ1n) is 9.81. The Morgan fingerprint density at radius 1 is 1.21 bits per heavy atom. The number of nitrogens with one attached hydrogen (secondary N) is 1. The Balaban J connectivity index is 1.67. The molecule has 2 amide bonds. The molecule has 0 spiro atoms. The highest BCUT2D eigenvalue weighted by atomic mass is 16.5. The summed E-state index contributed by atoms with van der Waals surface area (Å²) in [5, 5.41) is 7.42. The predicted octanol–water partition coefficient (Wildman–Crippen LogP) is 2.85. The number of aryl methyl sites for hydroxylation is 2. The minimum absolute atomic E-state index is 0.0254. The van der Waals surface area contributed by atoms with E-state index in [0.29, 0.717) is 25.3 Å². The zero-order chi connectivity index (χ0) is 20.1. The van der Waals surface area contributed by atoms with Crippen molar-refractivity contribution in [2.45, 2.75) is 46.1 Å². The monoisotopic (exact) mass is 384 g/mol. The van der Waals surface area contributed by atoms with E-state index in [4.69, 9.17) is 4.74 Å². The highest BCUT2D eigenvalue weighted by molar-refractivity contribution is 5.97. The molecule has 0 aliphatic carbocycles. The van der Waals surface area contributed by atoms with E-state index in [1.807, 2.05) is 55.8 Å². The number of amides is 2. The zero-order valence-electron chi connectivity index (χ0n) is 16.8. The molecule has 7 heteroatoms. The second-order valence-electron chi connectivity index (χ2n) is 7.11. The number of carbonyl (C=O) groups excluding carboxylic acids is 2. The molecule has 1 atom stereocenters. The number of hydrogen-bond donors (Lipinski definition) is 1. The average Bonchev–Trinajstić information content (AvgIpc) is 3.04. The summed E-state index contributed by atoms with van der Waals surface area (Å²) in [6.45, 7) is 6.92. The molecule has 2 aromatic rings. The van der Waals surface area contributed by atoms with Crippen LogP contribution < -0.4 is 5.32 Å². The van der Waals surface area contributed by atoms with Crippen LogP contribution in [0.5, 0.6) is 0 Å². The van der Waals surface area contributed by atoms with Gasteiger partial charge in [0, 0.05) is 24.5 Å². The van der Waals surface area contributed by atoms with E-state index in [1.54, 1.807) is 4.90 Å². The largest absolute Gasteiger partial charge is 0.372 e. The van der Waals surface area contributed by atoms with Gasteiger partial charge in [-0.05, 0) is 70.4 Å². The standard InChI is InChI=1S/C21H28N4O3/c1-4-28-14-20(26)24-12-6-5-7-19(24)21(27)22-17-8-10-18(11-9-17)25-16(3)13-15(2)23-25/h8-11,13,19H,4-7,12,14H2,1-3H3,(H,22,27). The average molecular weight is 384 g/mol. The summed E-state index contributed by atoms with van der Waals surface area (Å²) in [6, 6.07) is 9.14. The minimum atomic E-state index is -0.447. The van der Waals surface area contributed by atoms with Crippen LogP contribution >= 0.6 is 0 Å². The van der Waals surface area contributed by atoms with Crippen molar-refractivity contribution in [2.75, 3.05) is 25.1 Å². The van der Waals surface area contributed by atoms with Crippen molar-refractivity contribution >= 4 is 17.5 Å². The van der Waals surface area contributed by atoms with Crippen LogP contribution in [0.1, 0.15) is 37.6 Å². The number of hydrogen-bond acceptors (Lipinski definition) is 4. The van der Waals surface area contributed by atoms with Gasteiger partial charge in [0.05, 0.1) is 11.4 Å². The van der Waals surface area contributed by atoms with Crippen molar-refractivity contribution in [2.24, 2.45) is 0 Å². The molecule has 1 saturated heterocycles. The van der Waals surface area contributed by atoms with E-state index >= 15 is 0 Å². The van der Waals surface area contributed by atoms with Crippen molar-refractivity contribution < 1.29 is 14.3 Å². The number of aromatic nitrogens is 2. The Labute approximate surface area is 165 Å². The number of carbonyl (C=O) groups is 2. The van der Waals surface area contributed by atoms with Gasteiger partial charge in [-0.25, -0.2) is 4.68 Å². The summed E-state index contributed by atoms with van der Waals surface area (Å²) in [5.74, 6) is -0.273. The number of rotatable bonds is 6. The Morgan fingerprint density at radius 2 is 1.96 bits per heavy atom. The lowest BCUT2D eigenvalue weighted by Gasteiger charge is -2.34. The summed E-state index contributed by atoms with van der Waals surface area (Å²) in [7, 11) is 0. The quantitative estimate of drug-likeness (QED) is 0.831. The van der Waals surface area contributed by atoms with Crippen LogP contribution in [-0.2, 0) is 14.3 Å². The summed E-state index contributed by atoms with van der Waals surface area (Å²) in [6.07, 6.45) is 2.53. The summed E-state index contributed by atoms with van der Waals surface area (Å²) < 4.78 is 7.10. The molecule has 2 heterocycles. The maximum Gasteiger partial charge on any atom is 0.249 e. The Bertz CT molecular complexity index is 829. The predicted molar refractivity (Wildman–Crippen MR) is 108 cm³/mol. The van der Waals surface area contributed by atoms with Gasteiger partial charge in [-0.3, -0.25) is 9.59 Å². The molecule has 1 aliphatic heterocycles. The summed E-state index contributed by atoms with van der Waals surface area (Å²) >= 11 is 0. The third-order valence-electron chi connectivity index (χ3n) is 4.94. The van der Waals surface area contributed by atoms with E-state index in [-0.39, 0.29) is 18.4 Å². The molecule has 7 nitrogen and oxygen atoms in total. The van der Waals surface area contributed by atoms with E-state index < -0.39 is 6.04 Å². The normalized spacial score (nSPS) is 16.8. The molecule has 1 aliphatic rings. The smallest absolute Gasteiger partial charge is 0.249 e.